The SMILES string of the molecule is CC(C)(C)c1[c-]c2c(cc1)-c1ccc(C(C)(C)C)cc1C2.CC1[C-]=CC([Si](C)(C)C)=C1.C[C](C)=[Zr+2]. The summed E-state index contributed by atoms with van der Waals surface area (Å²) in [4.78, 5) is 0. The average molecular weight is 562 g/mol. The van der Waals surface area contributed by atoms with Crippen LogP contribution in [0.3, 0.4) is 0 Å². The third-order valence-electron chi connectivity index (χ3n) is 6.26. The van der Waals surface area contributed by atoms with Crippen molar-refractivity contribution in [1.82, 2.24) is 0 Å². The van der Waals surface area contributed by atoms with Gasteiger partial charge in [-0.3, -0.25) is 6.08 Å². The summed E-state index contributed by atoms with van der Waals surface area (Å²) in [7, 11) is -1.02. The van der Waals surface area contributed by atoms with Gasteiger partial charge in [0.2, 0.25) is 0 Å². The molecule has 4 rings (SSSR count). The Morgan fingerprint density at radius 2 is 1.49 bits per heavy atom. The average Bonchev–Trinajstić information content (AvgIpc) is 3.29. The van der Waals surface area contributed by atoms with E-state index in [1.807, 2.05) is 0 Å². The second-order valence-electron chi connectivity index (χ2n) is 13.3. The van der Waals surface area contributed by atoms with Crippen LogP contribution in [0.1, 0.15) is 84.6 Å². The molecule has 0 radical (unpaired) electrons. The Balaban J connectivity index is 0.000000257. The standard InChI is InChI=1S/C21H25.C9H15Si.C3H6.Zr/c1-20(2,3)16-7-9-18-14(12-16)11-15-13-17(21(4,5)6)8-10-19(15)18;1-8-5-6-9(7-8)10(2,3)4;1-3-2;/h7-10,12H,11H2,1-6H3;6-8H,1-4H3;1-2H3;/q2*-1;;+2. The first-order valence-corrected chi connectivity index (χ1v) is 17.7. The van der Waals surface area contributed by atoms with Crippen LogP contribution in [0.25, 0.3) is 11.1 Å². The number of hydrogen-bond donors (Lipinski definition) is 0. The van der Waals surface area contributed by atoms with Gasteiger partial charge in [0.25, 0.3) is 0 Å². The van der Waals surface area contributed by atoms with Crippen molar-refractivity contribution in [2.45, 2.75) is 99.2 Å². The van der Waals surface area contributed by atoms with E-state index < -0.39 is 8.07 Å². The maximum absolute atomic E-state index is 3.67. The van der Waals surface area contributed by atoms with E-state index in [2.05, 4.69) is 137 Å². The zero-order chi connectivity index (χ0) is 26.8. The number of benzene rings is 2. The fourth-order valence-electron chi connectivity index (χ4n) is 4.08. The molecule has 0 aromatic heterocycles. The Morgan fingerprint density at radius 3 is 1.91 bits per heavy atom. The molecule has 0 heterocycles. The van der Waals surface area contributed by atoms with Crippen LogP contribution in [-0.4, -0.2) is 11.3 Å². The van der Waals surface area contributed by atoms with E-state index in [1.54, 1.807) is 29.4 Å². The van der Waals surface area contributed by atoms with Gasteiger partial charge in [-0.25, -0.2) is 11.3 Å². The third-order valence-corrected chi connectivity index (χ3v) is 8.30. The minimum absolute atomic E-state index is 0.167. The van der Waals surface area contributed by atoms with Crippen molar-refractivity contribution in [3.05, 3.63) is 82.1 Å². The van der Waals surface area contributed by atoms with Gasteiger partial charge in [0.15, 0.2) is 0 Å². The molecule has 2 aliphatic carbocycles. The van der Waals surface area contributed by atoms with E-state index in [0.717, 1.165) is 6.42 Å². The van der Waals surface area contributed by atoms with E-state index in [9.17, 15) is 0 Å². The van der Waals surface area contributed by atoms with Crippen molar-refractivity contribution in [1.29, 1.82) is 0 Å². The normalized spacial score (nSPS) is 16.4. The van der Waals surface area contributed by atoms with Gasteiger partial charge in [0.1, 0.15) is 0 Å². The zero-order valence-corrected chi connectivity index (χ0v) is 27.8. The summed E-state index contributed by atoms with van der Waals surface area (Å²) in [6.45, 7) is 27.1. The van der Waals surface area contributed by atoms with Gasteiger partial charge in [0.05, 0.1) is 0 Å². The van der Waals surface area contributed by atoms with Crippen LogP contribution in [0, 0.1) is 18.1 Å². The van der Waals surface area contributed by atoms with Gasteiger partial charge in [-0.2, -0.15) is 29.8 Å². The van der Waals surface area contributed by atoms with Crippen LogP contribution in [-0.2, 0) is 41.5 Å². The van der Waals surface area contributed by atoms with Crippen LogP contribution in [0.4, 0.5) is 0 Å². The molecule has 0 spiro atoms. The van der Waals surface area contributed by atoms with Crippen molar-refractivity contribution in [2.24, 2.45) is 5.92 Å². The van der Waals surface area contributed by atoms with Gasteiger partial charge in [-0.1, -0.05) is 97.8 Å². The van der Waals surface area contributed by atoms with Crippen molar-refractivity contribution < 1.29 is 24.2 Å². The molecule has 35 heavy (non-hydrogen) atoms. The Bertz CT molecular complexity index is 1050. The van der Waals surface area contributed by atoms with Gasteiger partial charge in [-0.15, -0.1) is 11.1 Å². The first-order valence-electron chi connectivity index (χ1n) is 12.9. The van der Waals surface area contributed by atoms with Crippen LogP contribution < -0.4 is 0 Å². The van der Waals surface area contributed by atoms with Crippen LogP contribution in [0.2, 0.25) is 19.6 Å². The van der Waals surface area contributed by atoms with Crippen LogP contribution in [0.15, 0.2) is 47.7 Å². The zero-order valence-electron chi connectivity index (χ0n) is 24.3. The molecule has 2 aliphatic rings. The maximum atomic E-state index is 3.67. The number of allylic oxidation sites excluding steroid dienone is 4. The van der Waals surface area contributed by atoms with E-state index in [-0.39, 0.29) is 10.8 Å². The molecule has 2 aromatic carbocycles. The molecule has 0 amide bonds. The number of rotatable bonds is 1. The van der Waals surface area contributed by atoms with Crippen LogP contribution in [0.5, 0.6) is 0 Å². The molecule has 186 valence electrons. The minimum atomic E-state index is -1.02. The molecule has 0 saturated heterocycles. The van der Waals surface area contributed by atoms with E-state index in [1.165, 1.54) is 36.6 Å². The Kier molecular flexibility index (Phi) is 9.91. The summed E-state index contributed by atoms with van der Waals surface area (Å²) >= 11 is 1.55. The van der Waals surface area contributed by atoms with Crippen molar-refractivity contribution in [2.75, 3.05) is 0 Å². The Morgan fingerprint density at radius 1 is 0.914 bits per heavy atom. The molecular weight excluding hydrogens is 516 g/mol. The summed E-state index contributed by atoms with van der Waals surface area (Å²) in [5, 5.41) is 1.56. The molecule has 0 N–H and O–H groups in total. The van der Waals surface area contributed by atoms with Crippen molar-refractivity contribution in [3.8, 4) is 11.1 Å². The van der Waals surface area contributed by atoms with E-state index in [4.69, 9.17) is 0 Å². The van der Waals surface area contributed by atoms with Crippen molar-refractivity contribution >= 4 is 11.3 Å². The van der Waals surface area contributed by atoms with Crippen LogP contribution >= 0.6 is 0 Å². The molecule has 1 atom stereocenters. The van der Waals surface area contributed by atoms with Gasteiger partial charge in [0, 0.05) is 0 Å². The molecule has 0 bridgehead atoms. The summed E-state index contributed by atoms with van der Waals surface area (Å²) in [6.07, 6.45) is 8.84. The molecule has 0 aliphatic heterocycles. The Labute approximate surface area is 232 Å². The summed E-state index contributed by atoms with van der Waals surface area (Å²) in [5.74, 6) is 0.557. The molecular formula is C33H46SiZr. The van der Waals surface area contributed by atoms with Gasteiger partial charge in [-0.05, 0) is 36.5 Å². The van der Waals surface area contributed by atoms with Gasteiger partial charge >= 0.3 is 41.3 Å². The fourth-order valence-corrected chi connectivity index (χ4v) is 5.35. The van der Waals surface area contributed by atoms with Gasteiger partial charge < -0.3 is 0 Å². The number of fused-ring (bicyclic) bond motifs is 3. The quantitative estimate of drug-likeness (QED) is 0.205. The predicted octanol–water partition coefficient (Wildman–Crippen LogP) is 9.20. The van der Waals surface area contributed by atoms with Crippen molar-refractivity contribution in [3.63, 3.8) is 0 Å². The first kappa shape index (κ1) is 30.1. The van der Waals surface area contributed by atoms with E-state index >= 15 is 0 Å². The summed E-state index contributed by atoms with van der Waals surface area (Å²) in [5.41, 5.74) is 8.70. The molecule has 2 heteroatoms. The monoisotopic (exact) mass is 560 g/mol. The predicted molar refractivity (Wildman–Crippen MR) is 156 cm³/mol. The second-order valence-corrected chi connectivity index (χ2v) is 20.8. The topological polar surface area (TPSA) is 0 Å². The summed E-state index contributed by atoms with van der Waals surface area (Å²) in [6, 6.07) is 15.2. The molecule has 1 unspecified atom stereocenters. The number of hydrogen-bond acceptors (Lipinski definition) is 0. The molecule has 2 aromatic rings. The van der Waals surface area contributed by atoms with E-state index in [0.29, 0.717) is 5.92 Å². The molecule has 0 nitrogen and oxygen atoms in total. The summed E-state index contributed by atoms with van der Waals surface area (Å²) < 4.78 is 1.51. The molecule has 0 fully saturated rings. The molecule has 0 saturated carbocycles. The first-order chi connectivity index (χ1) is 15.9. The second kappa shape index (κ2) is 11.5. The fraction of sp³-hybridized carbons (Fsp3) is 0.485. The third kappa shape index (κ3) is 8.75. The Hall–Kier alpha value is -1.11.